The molecule has 4 heteroatoms. The van der Waals surface area contributed by atoms with Crippen LogP contribution in [0.1, 0.15) is 31.2 Å². The minimum absolute atomic E-state index is 0.185. The zero-order chi connectivity index (χ0) is 12.0. The van der Waals surface area contributed by atoms with Gasteiger partial charge in [0, 0.05) is 11.4 Å². The maximum Gasteiger partial charge on any atom is 0.322 e. The Hall–Kier alpha value is -0.870. The maximum atomic E-state index is 11.3. The highest BCUT2D eigenvalue weighted by atomic mass is 32.1. The van der Waals surface area contributed by atoms with Crippen LogP contribution in [0.2, 0.25) is 0 Å². The van der Waals surface area contributed by atoms with Crippen molar-refractivity contribution in [3.8, 4) is 0 Å². The molecule has 0 aromatic carbocycles. The molecule has 0 spiro atoms. The summed E-state index contributed by atoms with van der Waals surface area (Å²) in [5, 5.41) is 5.32. The quantitative estimate of drug-likeness (QED) is 0.777. The molecule has 1 atom stereocenters. The minimum atomic E-state index is -0.243. The van der Waals surface area contributed by atoms with E-state index in [-0.39, 0.29) is 12.0 Å². The zero-order valence-electron chi connectivity index (χ0n) is 10.1. The van der Waals surface area contributed by atoms with Gasteiger partial charge < -0.3 is 4.74 Å². The molecule has 0 aliphatic rings. The molecule has 1 N–H and O–H groups in total. The van der Waals surface area contributed by atoms with Crippen molar-refractivity contribution in [1.29, 1.82) is 0 Å². The fourth-order valence-corrected chi connectivity index (χ4v) is 2.23. The molecule has 0 amide bonds. The molecule has 3 nitrogen and oxygen atoms in total. The fraction of sp³-hybridized carbons (Fsp3) is 0.583. The van der Waals surface area contributed by atoms with Crippen LogP contribution in [0.25, 0.3) is 0 Å². The Labute approximate surface area is 101 Å². The van der Waals surface area contributed by atoms with E-state index in [1.807, 2.05) is 13.8 Å². The van der Waals surface area contributed by atoms with Gasteiger partial charge in [0.25, 0.3) is 0 Å². The molecule has 90 valence electrons. The molecule has 0 fully saturated rings. The minimum Gasteiger partial charge on any atom is -0.465 e. The summed E-state index contributed by atoms with van der Waals surface area (Å²) in [6, 6.07) is 1.93. The van der Waals surface area contributed by atoms with Gasteiger partial charge in [-0.3, -0.25) is 10.1 Å². The van der Waals surface area contributed by atoms with E-state index in [9.17, 15) is 4.79 Å². The van der Waals surface area contributed by atoms with Crippen LogP contribution >= 0.6 is 11.3 Å². The number of ether oxygens (including phenoxy) is 1. The first-order valence-electron chi connectivity index (χ1n) is 5.63. The van der Waals surface area contributed by atoms with Gasteiger partial charge in [-0.25, -0.2) is 0 Å². The van der Waals surface area contributed by atoms with Crippen LogP contribution < -0.4 is 5.32 Å². The van der Waals surface area contributed by atoms with Gasteiger partial charge in [0.05, 0.1) is 6.61 Å². The molecule has 0 aliphatic carbocycles. The van der Waals surface area contributed by atoms with E-state index in [1.54, 1.807) is 11.3 Å². The largest absolute Gasteiger partial charge is 0.465 e. The molecule has 1 heterocycles. The van der Waals surface area contributed by atoms with Crippen molar-refractivity contribution in [2.24, 2.45) is 0 Å². The summed E-state index contributed by atoms with van der Waals surface area (Å²) in [7, 11) is 0. The number of rotatable bonds is 6. The first kappa shape index (κ1) is 13.2. The van der Waals surface area contributed by atoms with Crippen LogP contribution in [0.3, 0.4) is 0 Å². The molecule has 16 heavy (non-hydrogen) atoms. The summed E-state index contributed by atoms with van der Waals surface area (Å²) in [6.45, 7) is 6.94. The molecule has 0 bridgehead atoms. The summed E-state index contributed by atoms with van der Waals surface area (Å²) in [6.07, 6.45) is 1.06. The third-order valence-corrected chi connectivity index (χ3v) is 3.32. The summed E-state index contributed by atoms with van der Waals surface area (Å²) in [5.74, 6) is -0.185. The maximum absolute atomic E-state index is 11.3. The number of aryl methyl sites for hydroxylation is 1. The van der Waals surface area contributed by atoms with E-state index in [0.717, 1.165) is 13.0 Å². The van der Waals surface area contributed by atoms with Crippen LogP contribution in [0, 0.1) is 0 Å². The number of hydrogen-bond acceptors (Lipinski definition) is 4. The first-order valence-corrected chi connectivity index (χ1v) is 6.51. The van der Waals surface area contributed by atoms with Crippen molar-refractivity contribution in [1.82, 2.24) is 5.32 Å². The summed E-state index contributed by atoms with van der Waals surface area (Å²) in [5.41, 5.74) is 1.35. The molecule has 1 rings (SSSR count). The van der Waals surface area contributed by atoms with Gasteiger partial charge in [0.2, 0.25) is 0 Å². The van der Waals surface area contributed by atoms with Gasteiger partial charge in [-0.1, -0.05) is 6.92 Å². The third kappa shape index (κ3) is 3.94. The van der Waals surface area contributed by atoms with Gasteiger partial charge >= 0.3 is 5.97 Å². The Morgan fingerprint density at radius 2 is 2.31 bits per heavy atom. The van der Waals surface area contributed by atoms with Crippen LogP contribution in [-0.2, 0) is 22.5 Å². The number of thiophene rings is 1. The van der Waals surface area contributed by atoms with Crippen molar-refractivity contribution in [2.45, 2.75) is 39.8 Å². The van der Waals surface area contributed by atoms with E-state index in [1.165, 1.54) is 10.4 Å². The fourth-order valence-electron chi connectivity index (χ4n) is 1.31. The van der Waals surface area contributed by atoms with Crippen molar-refractivity contribution in [2.75, 3.05) is 6.61 Å². The van der Waals surface area contributed by atoms with Crippen LogP contribution in [0.5, 0.6) is 0 Å². The van der Waals surface area contributed by atoms with Gasteiger partial charge in [-0.2, -0.15) is 0 Å². The number of esters is 1. The highest BCUT2D eigenvalue weighted by molar-refractivity contribution is 7.10. The first-order chi connectivity index (χ1) is 7.67. The van der Waals surface area contributed by atoms with E-state index in [4.69, 9.17) is 4.74 Å². The standard InChI is InChI=1S/C12H19NO2S/c1-4-10-6-11(16-8-10)7-13-9(3)12(14)15-5-2/h6,8-9,13H,4-5,7H2,1-3H3/t9-/m0/s1. The molecular weight excluding hydrogens is 222 g/mol. The third-order valence-electron chi connectivity index (χ3n) is 2.34. The molecule has 0 radical (unpaired) electrons. The molecular formula is C12H19NO2S. The Morgan fingerprint density at radius 3 is 2.88 bits per heavy atom. The smallest absolute Gasteiger partial charge is 0.322 e. The lowest BCUT2D eigenvalue weighted by atomic mass is 10.2. The predicted molar refractivity (Wildman–Crippen MR) is 66.6 cm³/mol. The average Bonchev–Trinajstić information content (AvgIpc) is 2.74. The highest BCUT2D eigenvalue weighted by Gasteiger charge is 2.12. The topological polar surface area (TPSA) is 38.3 Å². The number of carbonyl (C=O) groups is 1. The molecule has 0 saturated carbocycles. The zero-order valence-corrected chi connectivity index (χ0v) is 10.9. The Balaban J connectivity index is 2.36. The molecule has 0 saturated heterocycles. The molecule has 1 aromatic rings. The molecule has 0 unspecified atom stereocenters. The summed E-state index contributed by atoms with van der Waals surface area (Å²) >= 11 is 1.73. The van der Waals surface area contributed by atoms with Gasteiger partial charge in [-0.15, -0.1) is 11.3 Å². The number of carbonyl (C=O) groups excluding carboxylic acids is 1. The molecule has 0 aliphatic heterocycles. The highest BCUT2D eigenvalue weighted by Crippen LogP contribution is 2.14. The monoisotopic (exact) mass is 241 g/mol. The summed E-state index contributed by atoms with van der Waals surface area (Å²) < 4.78 is 4.92. The lowest BCUT2D eigenvalue weighted by Crippen LogP contribution is -2.34. The predicted octanol–water partition coefficient (Wildman–Crippen LogP) is 2.35. The Bertz CT molecular complexity index is 336. The van der Waals surface area contributed by atoms with Crippen molar-refractivity contribution >= 4 is 17.3 Å². The van der Waals surface area contributed by atoms with Gasteiger partial charge in [0.15, 0.2) is 0 Å². The van der Waals surface area contributed by atoms with E-state index in [2.05, 4.69) is 23.7 Å². The number of hydrogen-bond donors (Lipinski definition) is 1. The van der Waals surface area contributed by atoms with Crippen molar-refractivity contribution in [3.05, 3.63) is 21.9 Å². The van der Waals surface area contributed by atoms with E-state index < -0.39 is 0 Å². The average molecular weight is 241 g/mol. The summed E-state index contributed by atoms with van der Waals surface area (Å²) in [4.78, 5) is 12.6. The Morgan fingerprint density at radius 1 is 1.56 bits per heavy atom. The van der Waals surface area contributed by atoms with Crippen molar-refractivity contribution in [3.63, 3.8) is 0 Å². The Kier molecular flexibility index (Phi) is 5.49. The SMILES string of the molecule is CCOC(=O)[C@H](C)NCc1cc(CC)cs1. The number of nitrogens with one attached hydrogen (secondary N) is 1. The second kappa shape index (κ2) is 6.66. The second-order valence-corrected chi connectivity index (χ2v) is 4.63. The van der Waals surface area contributed by atoms with Gasteiger partial charge in [-0.05, 0) is 37.3 Å². The molecule has 1 aromatic heterocycles. The van der Waals surface area contributed by atoms with Crippen LogP contribution in [-0.4, -0.2) is 18.6 Å². The van der Waals surface area contributed by atoms with E-state index >= 15 is 0 Å². The van der Waals surface area contributed by atoms with Gasteiger partial charge in [0.1, 0.15) is 6.04 Å². The van der Waals surface area contributed by atoms with Crippen LogP contribution in [0.15, 0.2) is 11.4 Å². The van der Waals surface area contributed by atoms with Crippen LogP contribution in [0.4, 0.5) is 0 Å². The van der Waals surface area contributed by atoms with Crippen molar-refractivity contribution < 1.29 is 9.53 Å². The normalized spacial score (nSPS) is 12.4. The van der Waals surface area contributed by atoms with E-state index in [0.29, 0.717) is 6.61 Å². The second-order valence-electron chi connectivity index (χ2n) is 3.63. The lowest BCUT2D eigenvalue weighted by Gasteiger charge is -2.11. The lowest BCUT2D eigenvalue weighted by molar-refractivity contribution is -0.145.